The van der Waals surface area contributed by atoms with Gasteiger partial charge in [-0.2, -0.15) is 0 Å². The van der Waals surface area contributed by atoms with Gasteiger partial charge in [-0.1, -0.05) is 13.0 Å². The lowest BCUT2D eigenvalue weighted by molar-refractivity contribution is 0.961. The maximum Gasteiger partial charge on any atom is 0.149 e. The fraction of sp³-hybridized carbons (Fsp3) is 0.158. The number of benzene rings is 1. The van der Waals surface area contributed by atoms with Crippen LogP contribution >= 0.6 is 0 Å². The standard InChI is InChI=1S/C19H17N5/c1-3-16-22-10-13-8-12(4-5-15(13)24-16)17-11(2)9-23-18-14(17)6-7-21-19(18)20/h4-10H,3H2,1-2H3,(H2,20,21). The molecule has 0 aliphatic rings. The lowest BCUT2D eigenvalue weighted by atomic mass is 9.96. The van der Waals surface area contributed by atoms with Gasteiger partial charge in [-0.25, -0.2) is 15.0 Å². The van der Waals surface area contributed by atoms with Crippen molar-refractivity contribution < 1.29 is 0 Å². The van der Waals surface area contributed by atoms with Crippen LogP contribution < -0.4 is 5.73 Å². The molecular formula is C19H17N5. The number of pyridine rings is 2. The van der Waals surface area contributed by atoms with Gasteiger partial charge in [0.1, 0.15) is 17.2 Å². The van der Waals surface area contributed by atoms with Crippen LogP contribution in [0.1, 0.15) is 18.3 Å². The third kappa shape index (κ3) is 2.25. The van der Waals surface area contributed by atoms with Gasteiger partial charge in [0.15, 0.2) is 0 Å². The van der Waals surface area contributed by atoms with Gasteiger partial charge in [0, 0.05) is 35.8 Å². The first kappa shape index (κ1) is 14.5. The molecule has 0 unspecified atom stereocenters. The predicted molar refractivity (Wildman–Crippen MR) is 96.6 cm³/mol. The van der Waals surface area contributed by atoms with Gasteiger partial charge in [-0.3, -0.25) is 4.98 Å². The second-order valence-corrected chi connectivity index (χ2v) is 5.82. The summed E-state index contributed by atoms with van der Waals surface area (Å²) in [7, 11) is 0. The van der Waals surface area contributed by atoms with Gasteiger partial charge in [0.05, 0.1) is 5.52 Å². The van der Waals surface area contributed by atoms with Crippen molar-refractivity contribution >= 4 is 27.6 Å². The van der Waals surface area contributed by atoms with E-state index in [0.29, 0.717) is 5.82 Å². The number of nitrogens with zero attached hydrogens (tertiary/aromatic N) is 4. The maximum absolute atomic E-state index is 5.98. The van der Waals surface area contributed by atoms with Crippen LogP contribution in [0.15, 0.2) is 42.9 Å². The van der Waals surface area contributed by atoms with Crippen LogP contribution in [0, 0.1) is 6.92 Å². The molecule has 0 aliphatic heterocycles. The summed E-state index contributed by atoms with van der Waals surface area (Å²) in [5.74, 6) is 1.31. The first-order valence-corrected chi connectivity index (χ1v) is 7.93. The average molecular weight is 315 g/mol. The van der Waals surface area contributed by atoms with Crippen molar-refractivity contribution in [3.8, 4) is 11.1 Å². The molecule has 0 saturated heterocycles. The van der Waals surface area contributed by atoms with E-state index in [2.05, 4.69) is 45.9 Å². The van der Waals surface area contributed by atoms with Gasteiger partial charge in [0.2, 0.25) is 0 Å². The van der Waals surface area contributed by atoms with E-state index in [1.54, 1.807) is 6.20 Å². The van der Waals surface area contributed by atoms with Crippen molar-refractivity contribution in [2.45, 2.75) is 20.3 Å². The number of anilines is 1. The molecule has 0 radical (unpaired) electrons. The molecule has 5 heteroatoms. The Labute approximate surface area is 139 Å². The molecule has 0 spiro atoms. The zero-order chi connectivity index (χ0) is 16.7. The van der Waals surface area contributed by atoms with Crippen LogP contribution in [0.25, 0.3) is 32.9 Å². The summed E-state index contributed by atoms with van der Waals surface area (Å²) in [4.78, 5) is 17.6. The second-order valence-electron chi connectivity index (χ2n) is 5.82. The summed E-state index contributed by atoms with van der Waals surface area (Å²) in [6.45, 7) is 4.11. The van der Waals surface area contributed by atoms with Crippen LogP contribution in [-0.2, 0) is 6.42 Å². The topological polar surface area (TPSA) is 77.6 Å². The largest absolute Gasteiger partial charge is 0.382 e. The third-order valence-electron chi connectivity index (χ3n) is 4.24. The van der Waals surface area contributed by atoms with Crippen LogP contribution in [0.2, 0.25) is 0 Å². The lowest BCUT2D eigenvalue weighted by Crippen LogP contribution is -1.97. The molecule has 0 bridgehead atoms. The Kier molecular flexibility index (Phi) is 3.34. The smallest absolute Gasteiger partial charge is 0.149 e. The fourth-order valence-corrected chi connectivity index (χ4v) is 3.03. The number of rotatable bonds is 2. The summed E-state index contributed by atoms with van der Waals surface area (Å²) in [5, 5.41) is 2.03. The molecule has 4 aromatic rings. The zero-order valence-electron chi connectivity index (χ0n) is 13.6. The van der Waals surface area contributed by atoms with Crippen molar-refractivity contribution in [1.82, 2.24) is 19.9 Å². The molecule has 0 atom stereocenters. The third-order valence-corrected chi connectivity index (χ3v) is 4.24. The van der Waals surface area contributed by atoms with Gasteiger partial charge >= 0.3 is 0 Å². The molecule has 1 aromatic carbocycles. The van der Waals surface area contributed by atoms with Gasteiger partial charge in [-0.15, -0.1) is 0 Å². The molecular weight excluding hydrogens is 298 g/mol. The molecule has 0 amide bonds. The molecule has 3 aromatic heterocycles. The second kappa shape index (κ2) is 5.53. The number of aryl methyl sites for hydroxylation is 2. The number of hydrogen-bond acceptors (Lipinski definition) is 5. The van der Waals surface area contributed by atoms with E-state index >= 15 is 0 Å². The highest BCUT2D eigenvalue weighted by Crippen LogP contribution is 2.33. The fourth-order valence-electron chi connectivity index (χ4n) is 3.03. The molecule has 2 N–H and O–H groups in total. The van der Waals surface area contributed by atoms with Crippen LogP contribution in [0.3, 0.4) is 0 Å². The van der Waals surface area contributed by atoms with Gasteiger partial charge < -0.3 is 5.73 Å². The van der Waals surface area contributed by atoms with Crippen molar-refractivity contribution in [1.29, 1.82) is 0 Å². The highest BCUT2D eigenvalue weighted by Gasteiger charge is 2.11. The summed E-state index contributed by atoms with van der Waals surface area (Å²) in [6.07, 6.45) is 6.29. The van der Waals surface area contributed by atoms with Crippen LogP contribution in [0.5, 0.6) is 0 Å². The number of hydrogen-bond donors (Lipinski definition) is 1. The highest BCUT2D eigenvalue weighted by molar-refractivity contribution is 6.01. The van der Waals surface area contributed by atoms with E-state index in [4.69, 9.17) is 5.73 Å². The Morgan fingerprint density at radius 2 is 1.92 bits per heavy atom. The molecule has 5 nitrogen and oxygen atoms in total. The summed E-state index contributed by atoms with van der Waals surface area (Å²) in [5.41, 5.74) is 11.0. The van der Waals surface area contributed by atoms with E-state index in [0.717, 1.165) is 50.7 Å². The van der Waals surface area contributed by atoms with Crippen molar-refractivity contribution in [2.24, 2.45) is 0 Å². The van der Waals surface area contributed by atoms with Gasteiger partial charge in [-0.05, 0) is 41.8 Å². The van der Waals surface area contributed by atoms with Crippen LogP contribution in [-0.4, -0.2) is 19.9 Å². The van der Waals surface area contributed by atoms with Crippen LogP contribution in [0.4, 0.5) is 5.82 Å². The molecule has 24 heavy (non-hydrogen) atoms. The normalized spacial score (nSPS) is 11.2. The van der Waals surface area contributed by atoms with E-state index in [1.165, 1.54) is 0 Å². The summed E-state index contributed by atoms with van der Waals surface area (Å²) >= 11 is 0. The Hall–Kier alpha value is -3.08. The first-order valence-electron chi connectivity index (χ1n) is 7.93. The Bertz CT molecular complexity index is 1070. The Morgan fingerprint density at radius 3 is 2.75 bits per heavy atom. The molecule has 0 fully saturated rings. The Morgan fingerprint density at radius 1 is 1.04 bits per heavy atom. The summed E-state index contributed by atoms with van der Waals surface area (Å²) in [6, 6.07) is 8.21. The molecule has 0 saturated carbocycles. The van der Waals surface area contributed by atoms with E-state index in [-0.39, 0.29) is 0 Å². The van der Waals surface area contributed by atoms with Crippen molar-refractivity contribution in [3.05, 3.63) is 54.2 Å². The van der Waals surface area contributed by atoms with Crippen molar-refractivity contribution in [3.63, 3.8) is 0 Å². The molecule has 118 valence electrons. The van der Waals surface area contributed by atoms with Gasteiger partial charge in [0.25, 0.3) is 0 Å². The molecule has 0 aliphatic carbocycles. The molecule has 4 rings (SSSR count). The molecule has 3 heterocycles. The number of nitrogen functional groups attached to an aromatic ring is 1. The SMILES string of the molecule is CCc1ncc2cc(-c3c(C)cnc4c(N)nccc34)ccc2n1. The number of fused-ring (bicyclic) bond motifs is 2. The highest BCUT2D eigenvalue weighted by atomic mass is 14.9. The zero-order valence-corrected chi connectivity index (χ0v) is 13.6. The quantitative estimate of drug-likeness (QED) is 0.610. The van der Waals surface area contributed by atoms with E-state index in [9.17, 15) is 0 Å². The first-order chi connectivity index (χ1) is 11.7. The number of aromatic nitrogens is 4. The van der Waals surface area contributed by atoms with E-state index in [1.807, 2.05) is 24.5 Å². The summed E-state index contributed by atoms with van der Waals surface area (Å²) < 4.78 is 0. The monoisotopic (exact) mass is 315 g/mol. The predicted octanol–water partition coefficient (Wildman–Crippen LogP) is 3.69. The maximum atomic E-state index is 5.98. The minimum absolute atomic E-state index is 0.450. The minimum atomic E-state index is 0.450. The average Bonchev–Trinajstić information content (AvgIpc) is 2.61. The minimum Gasteiger partial charge on any atom is -0.382 e. The Balaban J connectivity index is 1.99. The lowest BCUT2D eigenvalue weighted by Gasteiger charge is -2.11. The van der Waals surface area contributed by atoms with E-state index < -0.39 is 0 Å². The number of nitrogens with two attached hydrogens (primary N) is 1. The van der Waals surface area contributed by atoms with Crippen molar-refractivity contribution in [2.75, 3.05) is 5.73 Å².